The molecule has 0 aromatic carbocycles. The zero-order valence-corrected chi connectivity index (χ0v) is 53.1. The summed E-state index contributed by atoms with van der Waals surface area (Å²) in [4.78, 5) is 38.4. The summed E-state index contributed by atoms with van der Waals surface area (Å²) in [6.07, 6.45) is 90.3. The quantitative estimate of drug-likeness (QED) is 0.0261. The van der Waals surface area contributed by atoms with Crippen molar-refractivity contribution in [3.8, 4) is 0 Å². The summed E-state index contributed by atoms with van der Waals surface area (Å²) in [5, 5.41) is 0. The third-order valence-corrected chi connectivity index (χ3v) is 15.1. The van der Waals surface area contributed by atoms with Crippen molar-refractivity contribution in [2.24, 2.45) is 0 Å². The number of carbonyl (C=O) groups excluding carboxylic acids is 3. The molecule has 6 nitrogen and oxygen atoms in total. The second kappa shape index (κ2) is 68.1. The Hall–Kier alpha value is -3.41. The molecule has 1 unspecified atom stereocenters. The van der Waals surface area contributed by atoms with Gasteiger partial charge in [-0.1, -0.05) is 298 Å². The lowest BCUT2D eigenvalue weighted by atomic mass is 10.0. The van der Waals surface area contributed by atoms with Crippen molar-refractivity contribution in [3.05, 3.63) is 85.1 Å². The van der Waals surface area contributed by atoms with Crippen LogP contribution in [0, 0.1) is 0 Å². The molecule has 1 atom stereocenters. The maximum Gasteiger partial charge on any atom is 0.306 e. The van der Waals surface area contributed by atoms with Crippen molar-refractivity contribution in [2.75, 3.05) is 13.2 Å². The largest absolute Gasteiger partial charge is 0.462 e. The van der Waals surface area contributed by atoms with Crippen LogP contribution in [0.15, 0.2) is 85.1 Å². The molecular formula is C74H130O6. The van der Waals surface area contributed by atoms with E-state index in [1.54, 1.807) is 0 Å². The van der Waals surface area contributed by atoms with Crippen LogP contribution >= 0.6 is 0 Å². The van der Waals surface area contributed by atoms with Crippen molar-refractivity contribution in [2.45, 2.75) is 354 Å². The molecule has 0 fully saturated rings. The van der Waals surface area contributed by atoms with Gasteiger partial charge in [0.25, 0.3) is 0 Å². The van der Waals surface area contributed by atoms with Gasteiger partial charge in [-0.3, -0.25) is 14.4 Å². The number of carbonyl (C=O) groups is 3. The van der Waals surface area contributed by atoms with E-state index < -0.39 is 6.10 Å². The standard InChI is InChI=1S/C74H130O6/c1-4-7-10-13-16-19-22-25-28-31-32-33-34-35-36-37-38-39-40-41-42-44-46-49-52-55-58-61-64-67-73(76)79-70-71(69-78-72(75)66-63-60-57-54-51-48-45-30-27-24-21-18-15-12-9-6-3)80-74(77)68-65-62-59-56-53-50-47-43-29-26-23-20-17-14-11-8-5-2/h8,11,17,20-22,24-26,29-32,45,71H,4-7,9-10,12-16,18-19,23,27-28,33-44,46-70H2,1-3H3/b11-8-,20-17-,24-21-,25-22-,29-26-,32-31-,45-30-. The monoisotopic (exact) mass is 1110 g/mol. The van der Waals surface area contributed by atoms with E-state index in [9.17, 15) is 14.4 Å². The molecule has 0 spiro atoms. The number of hydrogen-bond donors (Lipinski definition) is 0. The molecule has 0 radical (unpaired) electrons. The van der Waals surface area contributed by atoms with Gasteiger partial charge in [-0.15, -0.1) is 0 Å². The molecular weight excluding hydrogens is 985 g/mol. The Morgan fingerprint density at radius 2 is 0.487 bits per heavy atom. The van der Waals surface area contributed by atoms with Gasteiger partial charge in [-0.2, -0.15) is 0 Å². The fourth-order valence-electron chi connectivity index (χ4n) is 9.93. The number of rotatable bonds is 63. The molecule has 462 valence electrons. The van der Waals surface area contributed by atoms with E-state index in [0.29, 0.717) is 19.3 Å². The van der Waals surface area contributed by atoms with E-state index in [1.165, 1.54) is 199 Å². The molecule has 0 rings (SSSR count). The summed E-state index contributed by atoms with van der Waals surface area (Å²) in [5.74, 6) is -0.891. The predicted octanol–water partition coefficient (Wildman–Crippen LogP) is 23.8. The SMILES string of the molecule is CC/C=C\C/C=C\C/C=C\CCCCCCCCCC(=O)OC(COC(=O)CCCCCCC/C=C\C/C=C\CCCCCC)COC(=O)CCCCCCCCCCCCCCCCCCC/C=C\C/C=C\CCCCCCC. The lowest BCUT2D eigenvalue weighted by Crippen LogP contribution is -2.30. The van der Waals surface area contributed by atoms with Crippen molar-refractivity contribution in [1.29, 1.82) is 0 Å². The molecule has 0 saturated heterocycles. The van der Waals surface area contributed by atoms with Crippen molar-refractivity contribution in [1.82, 2.24) is 0 Å². The molecule has 0 aliphatic rings. The first-order valence-corrected chi connectivity index (χ1v) is 34.6. The minimum absolute atomic E-state index is 0.0829. The summed E-state index contributed by atoms with van der Waals surface area (Å²) < 4.78 is 17.0. The van der Waals surface area contributed by atoms with Crippen LogP contribution in [0.3, 0.4) is 0 Å². The lowest BCUT2D eigenvalue weighted by Gasteiger charge is -2.18. The molecule has 0 aliphatic heterocycles. The topological polar surface area (TPSA) is 78.9 Å². The molecule has 0 N–H and O–H groups in total. The summed E-state index contributed by atoms with van der Waals surface area (Å²) in [5.41, 5.74) is 0. The Morgan fingerprint density at radius 1 is 0.263 bits per heavy atom. The molecule has 0 bridgehead atoms. The van der Waals surface area contributed by atoms with Crippen LogP contribution in [0.25, 0.3) is 0 Å². The number of esters is 3. The van der Waals surface area contributed by atoms with E-state index in [2.05, 4.69) is 106 Å². The third-order valence-electron chi connectivity index (χ3n) is 15.1. The maximum absolute atomic E-state index is 12.9. The molecule has 0 aliphatic carbocycles. The minimum atomic E-state index is -0.789. The van der Waals surface area contributed by atoms with Crippen LogP contribution in [-0.2, 0) is 28.6 Å². The highest BCUT2D eigenvalue weighted by atomic mass is 16.6. The molecule has 0 saturated carbocycles. The summed E-state index contributed by atoms with van der Waals surface area (Å²) >= 11 is 0. The Labute approximate surface area is 496 Å². The lowest BCUT2D eigenvalue weighted by molar-refractivity contribution is -0.167. The number of hydrogen-bond acceptors (Lipinski definition) is 6. The van der Waals surface area contributed by atoms with E-state index >= 15 is 0 Å². The smallest absolute Gasteiger partial charge is 0.306 e. The molecule has 0 aromatic rings. The first-order valence-electron chi connectivity index (χ1n) is 34.6. The van der Waals surface area contributed by atoms with E-state index in [4.69, 9.17) is 14.2 Å². The summed E-state index contributed by atoms with van der Waals surface area (Å²) in [6.45, 7) is 6.52. The Kier molecular flexibility index (Phi) is 65.2. The Morgan fingerprint density at radius 3 is 0.775 bits per heavy atom. The van der Waals surface area contributed by atoms with Crippen LogP contribution in [0.2, 0.25) is 0 Å². The van der Waals surface area contributed by atoms with Gasteiger partial charge in [-0.05, 0) is 116 Å². The first kappa shape index (κ1) is 76.6. The van der Waals surface area contributed by atoms with Crippen molar-refractivity contribution < 1.29 is 28.6 Å². The van der Waals surface area contributed by atoms with Gasteiger partial charge in [0.1, 0.15) is 13.2 Å². The average Bonchev–Trinajstić information content (AvgIpc) is 3.46. The van der Waals surface area contributed by atoms with Gasteiger partial charge in [0.15, 0.2) is 6.10 Å². The minimum Gasteiger partial charge on any atom is -0.462 e. The van der Waals surface area contributed by atoms with Crippen LogP contribution in [-0.4, -0.2) is 37.2 Å². The number of unbranched alkanes of at least 4 members (excludes halogenated alkanes) is 38. The maximum atomic E-state index is 12.9. The van der Waals surface area contributed by atoms with Gasteiger partial charge in [0, 0.05) is 19.3 Å². The molecule has 0 heterocycles. The van der Waals surface area contributed by atoms with Crippen molar-refractivity contribution in [3.63, 3.8) is 0 Å². The van der Waals surface area contributed by atoms with Gasteiger partial charge in [0.2, 0.25) is 0 Å². The highest BCUT2D eigenvalue weighted by Crippen LogP contribution is 2.17. The predicted molar refractivity (Wildman–Crippen MR) is 348 cm³/mol. The Balaban J connectivity index is 4.27. The molecule has 6 heteroatoms. The average molecular weight is 1120 g/mol. The number of allylic oxidation sites excluding steroid dienone is 14. The molecule has 0 aromatic heterocycles. The van der Waals surface area contributed by atoms with Gasteiger partial charge < -0.3 is 14.2 Å². The second-order valence-corrected chi connectivity index (χ2v) is 23.1. The fourth-order valence-corrected chi connectivity index (χ4v) is 9.93. The van der Waals surface area contributed by atoms with Crippen LogP contribution in [0.5, 0.6) is 0 Å². The van der Waals surface area contributed by atoms with Gasteiger partial charge in [-0.25, -0.2) is 0 Å². The van der Waals surface area contributed by atoms with Crippen LogP contribution in [0.1, 0.15) is 348 Å². The van der Waals surface area contributed by atoms with E-state index in [-0.39, 0.29) is 31.1 Å². The van der Waals surface area contributed by atoms with Gasteiger partial charge >= 0.3 is 17.9 Å². The summed E-state index contributed by atoms with van der Waals surface area (Å²) in [6, 6.07) is 0. The third kappa shape index (κ3) is 65.4. The zero-order chi connectivity index (χ0) is 57.8. The van der Waals surface area contributed by atoms with E-state index in [1.807, 2.05) is 0 Å². The van der Waals surface area contributed by atoms with Gasteiger partial charge in [0.05, 0.1) is 0 Å². The second-order valence-electron chi connectivity index (χ2n) is 23.1. The normalized spacial score (nSPS) is 12.6. The molecule has 0 amide bonds. The van der Waals surface area contributed by atoms with Crippen molar-refractivity contribution >= 4 is 17.9 Å². The first-order chi connectivity index (χ1) is 39.5. The molecule has 80 heavy (non-hydrogen) atoms. The highest BCUT2D eigenvalue weighted by molar-refractivity contribution is 5.71. The van der Waals surface area contributed by atoms with E-state index in [0.717, 1.165) is 109 Å². The number of ether oxygens (including phenoxy) is 3. The zero-order valence-electron chi connectivity index (χ0n) is 53.1. The fraction of sp³-hybridized carbons (Fsp3) is 0.770. The summed E-state index contributed by atoms with van der Waals surface area (Å²) in [7, 11) is 0. The van der Waals surface area contributed by atoms with Crippen LogP contribution in [0.4, 0.5) is 0 Å². The van der Waals surface area contributed by atoms with Crippen LogP contribution < -0.4 is 0 Å². The highest BCUT2D eigenvalue weighted by Gasteiger charge is 2.19. The Bertz CT molecular complexity index is 1520.